The zero-order valence-corrected chi connectivity index (χ0v) is 13.2. The molecule has 0 unspecified atom stereocenters. The first-order valence-electron chi connectivity index (χ1n) is 7.49. The summed E-state index contributed by atoms with van der Waals surface area (Å²) in [5.41, 5.74) is 4.50. The highest BCUT2D eigenvalue weighted by Crippen LogP contribution is 2.23. The van der Waals surface area contributed by atoms with Crippen molar-refractivity contribution in [3.8, 4) is 11.1 Å². The molecule has 0 aliphatic heterocycles. The fourth-order valence-corrected chi connectivity index (χ4v) is 2.16. The van der Waals surface area contributed by atoms with Crippen LogP contribution in [-0.4, -0.2) is 12.6 Å². The van der Waals surface area contributed by atoms with Crippen molar-refractivity contribution in [2.75, 3.05) is 6.61 Å². The molecule has 0 aliphatic rings. The fourth-order valence-electron chi connectivity index (χ4n) is 2.16. The van der Waals surface area contributed by atoms with Gasteiger partial charge in [0.05, 0.1) is 13.2 Å². The van der Waals surface area contributed by atoms with Crippen molar-refractivity contribution in [3.05, 3.63) is 77.7 Å². The summed E-state index contributed by atoms with van der Waals surface area (Å²) in [7, 11) is 0. The van der Waals surface area contributed by atoms with Gasteiger partial charge in [-0.3, -0.25) is 0 Å². The average Bonchev–Trinajstić information content (AvgIpc) is 2.59. The molecule has 3 nitrogen and oxygen atoms in total. The van der Waals surface area contributed by atoms with Gasteiger partial charge in [-0.15, -0.1) is 0 Å². The number of rotatable bonds is 6. The van der Waals surface area contributed by atoms with Crippen LogP contribution in [0.2, 0.25) is 0 Å². The minimum atomic E-state index is -0.330. The summed E-state index contributed by atoms with van der Waals surface area (Å²) in [5, 5.41) is 0. The van der Waals surface area contributed by atoms with E-state index in [1.807, 2.05) is 24.3 Å². The zero-order chi connectivity index (χ0) is 16.7. The number of nitrogens with zero attached hydrogens (tertiary/aromatic N) is 1. The third kappa shape index (κ3) is 4.82. The van der Waals surface area contributed by atoms with Crippen LogP contribution < -0.4 is 0 Å². The van der Waals surface area contributed by atoms with Gasteiger partial charge in [0.25, 0.3) is 0 Å². The van der Waals surface area contributed by atoms with Gasteiger partial charge in [-0.05, 0) is 36.5 Å². The number of hydrogen-bond acceptors (Lipinski definition) is 2. The number of hydrogen-bond donors (Lipinski definition) is 0. The van der Waals surface area contributed by atoms with Crippen LogP contribution in [0, 0.1) is 6.57 Å². The van der Waals surface area contributed by atoms with Crippen molar-refractivity contribution in [2.45, 2.75) is 19.8 Å². The molecule has 0 spiro atoms. The number of ether oxygens (including phenoxy) is 1. The van der Waals surface area contributed by atoms with Gasteiger partial charge < -0.3 is 4.74 Å². The maximum atomic E-state index is 11.3. The second-order valence-electron chi connectivity index (χ2n) is 5.38. The molecule has 0 aromatic heterocycles. The molecule has 0 heterocycles. The Bertz CT molecular complexity index is 722. The predicted molar refractivity (Wildman–Crippen MR) is 92.2 cm³/mol. The van der Waals surface area contributed by atoms with E-state index in [9.17, 15) is 4.79 Å². The Kier molecular flexibility index (Phi) is 5.71. The molecule has 0 aliphatic carbocycles. The molecule has 0 atom stereocenters. The van der Waals surface area contributed by atoms with E-state index in [1.54, 1.807) is 6.92 Å². The van der Waals surface area contributed by atoms with Crippen LogP contribution in [0.15, 0.2) is 60.7 Å². The van der Waals surface area contributed by atoms with E-state index in [4.69, 9.17) is 11.3 Å². The Morgan fingerprint density at radius 2 is 1.65 bits per heavy atom. The van der Waals surface area contributed by atoms with Crippen molar-refractivity contribution in [1.29, 1.82) is 0 Å². The quantitative estimate of drug-likeness (QED) is 0.327. The van der Waals surface area contributed by atoms with E-state index in [-0.39, 0.29) is 5.97 Å². The summed E-state index contributed by atoms with van der Waals surface area (Å²) in [6.07, 6.45) is 1.65. The van der Waals surface area contributed by atoms with Gasteiger partial charge in [0, 0.05) is 5.57 Å². The highest BCUT2D eigenvalue weighted by Gasteiger charge is 2.03. The van der Waals surface area contributed by atoms with Crippen molar-refractivity contribution < 1.29 is 9.53 Å². The molecule has 0 N–H and O–H groups in total. The van der Waals surface area contributed by atoms with Crippen LogP contribution in [0.4, 0.5) is 5.69 Å². The number of carbonyl (C=O) groups excluding carboxylic acids is 1. The first-order valence-corrected chi connectivity index (χ1v) is 7.49. The summed E-state index contributed by atoms with van der Waals surface area (Å²) >= 11 is 0. The molecule has 2 rings (SSSR count). The Labute approximate surface area is 137 Å². The van der Waals surface area contributed by atoms with Crippen molar-refractivity contribution in [1.82, 2.24) is 0 Å². The third-order valence-electron chi connectivity index (χ3n) is 3.48. The van der Waals surface area contributed by atoms with Crippen molar-refractivity contribution >= 4 is 11.7 Å². The van der Waals surface area contributed by atoms with E-state index >= 15 is 0 Å². The topological polar surface area (TPSA) is 30.7 Å². The Balaban J connectivity index is 1.88. The highest BCUT2D eigenvalue weighted by atomic mass is 16.5. The lowest BCUT2D eigenvalue weighted by molar-refractivity contribution is -0.139. The Morgan fingerprint density at radius 3 is 2.17 bits per heavy atom. The maximum Gasteiger partial charge on any atom is 0.333 e. The van der Waals surface area contributed by atoms with Crippen molar-refractivity contribution in [3.63, 3.8) is 0 Å². The van der Waals surface area contributed by atoms with Gasteiger partial charge in [-0.1, -0.05) is 55.1 Å². The maximum absolute atomic E-state index is 11.3. The van der Waals surface area contributed by atoms with Gasteiger partial charge in [0.15, 0.2) is 5.69 Å². The van der Waals surface area contributed by atoms with Gasteiger partial charge in [-0.25, -0.2) is 9.64 Å². The number of benzene rings is 2. The molecule has 0 fully saturated rings. The minimum absolute atomic E-state index is 0.330. The van der Waals surface area contributed by atoms with Gasteiger partial charge in [0.1, 0.15) is 0 Å². The number of esters is 1. The van der Waals surface area contributed by atoms with Crippen molar-refractivity contribution in [2.24, 2.45) is 0 Å². The Hall–Kier alpha value is -2.86. The summed E-state index contributed by atoms with van der Waals surface area (Å²) in [5.74, 6) is -0.330. The SMILES string of the molecule is [C-]#[N+]c1ccc(-c2ccc(CCCOC(=O)C(=C)C)cc2)cc1. The number of aryl methyl sites for hydroxylation is 1. The molecule has 116 valence electrons. The summed E-state index contributed by atoms with van der Waals surface area (Å²) in [6, 6.07) is 15.9. The standard InChI is InChI=1S/C20H19NO2/c1-15(2)20(22)23-14-4-5-16-6-8-17(9-7-16)18-10-12-19(21-3)13-11-18/h6-13H,1,4-5,14H2,2H3. The lowest BCUT2D eigenvalue weighted by Crippen LogP contribution is -2.06. The van der Waals surface area contributed by atoms with E-state index in [0.29, 0.717) is 17.9 Å². The molecular formula is C20H19NO2. The average molecular weight is 305 g/mol. The van der Waals surface area contributed by atoms with Crippen LogP contribution in [0.5, 0.6) is 0 Å². The smallest absolute Gasteiger partial charge is 0.333 e. The first-order chi connectivity index (χ1) is 11.1. The molecular weight excluding hydrogens is 286 g/mol. The van der Waals surface area contributed by atoms with Crippen LogP contribution >= 0.6 is 0 Å². The highest BCUT2D eigenvalue weighted by molar-refractivity contribution is 5.86. The molecule has 0 saturated heterocycles. The second-order valence-corrected chi connectivity index (χ2v) is 5.38. The largest absolute Gasteiger partial charge is 0.462 e. The molecule has 0 radical (unpaired) electrons. The first kappa shape index (κ1) is 16.5. The van der Waals surface area contributed by atoms with Crippen LogP contribution in [-0.2, 0) is 16.0 Å². The van der Waals surface area contributed by atoms with Crippen LogP contribution in [0.1, 0.15) is 18.9 Å². The van der Waals surface area contributed by atoms with Gasteiger partial charge >= 0.3 is 5.97 Å². The van der Waals surface area contributed by atoms with Gasteiger partial charge in [-0.2, -0.15) is 0 Å². The normalized spacial score (nSPS) is 9.91. The van der Waals surface area contributed by atoms with E-state index in [1.165, 1.54) is 5.56 Å². The zero-order valence-electron chi connectivity index (χ0n) is 13.2. The Morgan fingerprint density at radius 1 is 1.09 bits per heavy atom. The van der Waals surface area contributed by atoms with Gasteiger partial charge in [0.2, 0.25) is 0 Å². The molecule has 2 aromatic carbocycles. The van der Waals surface area contributed by atoms with Crippen LogP contribution in [0.3, 0.4) is 0 Å². The second kappa shape index (κ2) is 7.95. The monoisotopic (exact) mass is 305 g/mol. The molecule has 23 heavy (non-hydrogen) atoms. The van der Waals surface area contributed by atoms with E-state index in [2.05, 4.69) is 35.7 Å². The summed E-state index contributed by atoms with van der Waals surface area (Å²) in [4.78, 5) is 14.7. The molecule has 0 saturated carbocycles. The van der Waals surface area contributed by atoms with Crippen LogP contribution in [0.25, 0.3) is 16.0 Å². The lowest BCUT2D eigenvalue weighted by Gasteiger charge is -2.06. The molecule has 3 heteroatoms. The fraction of sp³-hybridized carbons (Fsp3) is 0.200. The third-order valence-corrected chi connectivity index (χ3v) is 3.48. The predicted octanol–water partition coefficient (Wildman–Crippen LogP) is 4.96. The van der Waals surface area contributed by atoms with E-state index in [0.717, 1.165) is 24.0 Å². The van der Waals surface area contributed by atoms with E-state index < -0.39 is 0 Å². The minimum Gasteiger partial charge on any atom is -0.462 e. The number of carbonyl (C=O) groups is 1. The molecule has 0 amide bonds. The lowest BCUT2D eigenvalue weighted by atomic mass is 10.0. The summed E-state index contributed by atoms with van der Waals surface area (Å²) < 4.78 is 5.08. The molecule has 0 bridgehead atoms. The summed E-state index contributed by atoms with van der Waals surface area (Å²) in [6.45, 7) is 12.6. The molecule has 2 aromatic rings.